The Morgan fingerprint density at radius 2 is 1.73 bits per heavy atom. The third-order valence-electron chi connectivity index (χ3n) is 5.28. The molecule has 1 aliphatic rings. The van der Waals surface area contributed by atoms with E-state index in [0.29, 0.717) is 41.6 Å². The maximum absolute atomic E-state index is 12.8. The molecule has 214 valence electrons. The summed E-state index contributed by atoms with van der Waals surface area (Å²) in [6.45, 7) is 0. The first kappa shape index (κ1) is 31.1. The number of aliphatic carboxylic acids is 3. The van der Waals surface area contributed by atoms with Gasteiger partial charge in [-0.3, -0.25) is 15.0 Å². The van der Waals surface area contributed by atoms with Crippen molar-refractivity contribution in [2.24, 2.45) is 5.73 Å². The fourth-order valence-electron chi connectivity index (χ4n) is 3.59. The van der Waals surface area contributed by atoms with Gasteiger partial charge in [-0.15, -0.1) is 0 Å². The van der Waals surface area contributed by atoms with Crippen LogP contribution in [0.5, 0.6) is 5.75 Å². The number of esters is 1. The summed E-state index contributed by atoms with van der Waals surface area (Å²) in [6.07, 6.45) is -4.53. The molecular weight excluding hydrogens is 545 g/mol. The molecule has 1 atom stereocenters. The fourth-order valence-corrected chi connectivity index (χ4v) is 3.59. The van der Waals surface area contributed by atoms with Crippen LogP contribution in [0, 0.1) is 5.41 Å². The highest BCUT2D eigenvalue weighted by atomic mass is 19.4. The van der Waals surface area contributed by atoms with E-state index in [9.17, 15) is 37.5 Å². The lowest BCUT2D eigenvalue weighted by molar-refractivity contribution is -0.192. The summed E-state index contributed by atoms with van der Waals surface area (Å²) in [5.41, 5.74) is 7.43. The Balaban J connectivity index is 0.000000708. The van der Waals surface area contributed by atoms with Crippen LogP contribution in [0.3, 0.4) is 0 Å². The number of carbonyl (C=O) groups is 5. The van der Waals surface area contributed by atoms with Crippen molar-refractivity contribution in [2.75, 3.05) is 5.32 Å². The number of amides is 1. The van der Waals surface area contributed by atoms with E-state index >= 15 is 0 Å². The van der Waals surface area contributed by atoms with Gasteiger partial charge in [-0.05, 0) is 55.2 Å². The number of nitrogens with one attached hydrogen (secondary N) is 3. The largest absolute Gasteiger partial charge is 0.490 e. The Labute approximate surface area is 223 Å². The van der Waals surface area contributed by atoms with E-state index in [4.69, 9.17) is 30.9 Å². The molecule has 16 heteroatoms. The number of carbonyl (C=O) groups excluding carboxylic acids is 2. The molecule has 1 heterocycles. The average Bonchev–Trinajstić information content (AvgIpc) is 2.89. The second-order valence-corrected chi connectivity index (χ2v) is 8.20. The van der Waals surface area contributed by atoms with Crippen molar-refractivity contribution >= 4 is 41.4 Å². The van der Waals surface area contributed by atoms with Gasteiger partial charge in [0.15, 0.2) is 5.96 Å². The van der Waals surface area contributed by atoms with Gasteiger partial charge < -0.3 is 36.4 Å². The van der Waals surface area contributed by atoms with Gasteiger partial charge >= 0.3 is 30.1 Å². The predicted octanol–water partition coefficient (Wildman–Crippen LogP) is 1.99. The van der Waals surface area contributed by atoms with Crippen LogP contribution in [0.15, 0.2) is 36.4 Å². The minimum Gasteiger partial charge on any atom is -0.481 e. The first-order valence-corrected chi connectivity index (χ1v) is 11.2. The molecular formula is C24H23F3N4O9. The SMILES string of the molecule is N=C(N)Nc1ccc2c(c1)CCCc1c(cccc1C(=O)N[C@@H](CC(=O)O)C(=O)O)OC2=O.O=C(O)C(F)(F)F. The number of hydrogen-bond acceptors (Lipinski definition) is 7. The standard InChI is InChI=1S/C22H22N4O7.C2HF3O2/c23-22(24)25-12-7-8-13-11(9-12)3-1-4-14-15(5-2-6-17(14)33-21(13)32)19(29)26-16(20(30)31)10-18(27)28;3-2(4,5)1(6)7/h2,5-9,16H,1,3-4,10H2,(H,26,29)(H,27,28)(H,30,31)(H4,23,24,25);(H,6,7)/t16-;/m0./s1. The summed E-state index contributed by atoms with van der Waals surface area (Å²) in [5.74, 6) is -7.09. The fraction of sp³-hybridized carbons (Fsp3) is 0.250. The van der Waals surface area contributed by atoms with Crippen molar-refractivity contribution in [1.29, 1.82) is 5.41 Å². The molecule has 0 saturated carbocycles. The minimum atomic E-state index is -5.08. The molecule has 0 aromatic heterocycles. The molecule has 0 spiro atoms. The second kappa shape index (κ2) is 13.1. The van der Waals surface area contributed by atoms with Crippen LogP contribution in [-0.4, -0.2) is 63.3 Å². The molecule has 0 unspecified atom stereocenters. The molecule has 8 N–H and O–H groups in total. The number of halogens is 3. The van der Waals surface area contributed by atoms with E-state index in [-0.39, 0.29) is 17.3 Å². The second-order valence-electron chi connectivity index (χ2n) is 8.20. The van der Waals surface area contributed by atoms with Gasteiger partial charge in [-0.25, -0.2) is 14.4 Å². The van der Waals surface area contributed by atoms with Gasteiger partial charge in [0, 0.05) is 16.8 Å². The number of alkyl halides is 3. The van der Waals surface area contributed by atoms with E-state index in [1.54, 1.807) is 18.2 Å². The zero-order valence-corrected chi connectivity index (χ0v) is 20.4. The van der Waals surface area contributed by atoms with Gasteiger partial charge in [-0.2, -0.15) is 13.2 Å². The monoisotopic (exact) mass is 568 g/mol. The van der Waals surface area contributed by atoms with Crippen LogP contribution >= 0.6 is 0 Å². The highest BCUT2D eigenvalue weighted by Gasteiger charge is 2.38. The number of carboxylic acid groups (broad SMARTS) is 3. The first-order chi connectivity index (χ1) is 18.6. The van der Waals surface area contributed by atoms with Crippen LogP contribution in [0.4, 0.5) is 18.9 Å². The lowest BCUT2D eigenvalue weighted by Gasteiger charge is -2.16. The molecule has 0 bridgehead atoms. The quantitative estimate of drug-likeness (QED) is 0.115. The molecule has 0 saturated heterocycles. The number of ether oxygens (including phenoxy) is 1. The van der Waals surface area contributed by atoms with Gasteiger partial charge in [0.05, 0.1) is 12.0 Å². The number of rotatable bonds is 6. The number of carboxylic acids is 3. The zero-order chi connectivity index (χ0) is 30.2. The van der Waals surface area contributed by atoms with Crippen LogP contribution in [-0.2, 0) is 27.2 Å². The third kappa shape index (κ3) is 8.71. The van der Waals surface area contributed by atoms with E-state index in [1.807, 2.05) is 0 Å². The highest BCUT2D eigenvalue weighted by molar-refractivity contribution is 6.00. The molecule has 3 rings (SSSR count). The molecule has 1 aliphatic heterocycles. The normalized spacial score (nSPS) is 13.2. The van der Waals surface area contributed by atoms with Crippen molar-refractivity contribution in [1.82, 2.24) is 5.32 Å². The van der Waals surface area contributed by atoms with Crippen molar-refractivity contribution in [3.8, 4) is 5.75 Å². The summed E-state index contributed by atoms with van der Waals surface area (Å²) in [7, 11) is 0. The third-order valence-corrected chi connectivity index (χ3v) is 5.28. The summed E-state index contributed by atoms with van der Waals surface area (Å²) in [5, 5.41) is 37.5. The number of anilines is 1. The lowest BCUT2D eigenvalue weighted by atomic mass is 9.97. The number of hydrogen-bond donors (Lipinski definition) is 7. The number of fused-ring (bicyclic) bond motifs is 2. The Hall–Kier alpha value is -5.15. The van der Waals surface area contributed by atoms with Gasteiger partial charge in [0.1, 0.15) is 11.8 Å². The predicted molar refractivity (Wildman–Crippen MR) is 130 cm³/mol. The van der Waals surface area contributed by atoms with Crippen LogP contribution in [0.2, 0.25) is 0 Å². The Morgan fingerprint density at radius 3 is 2.27 bits per heavy atom. The average molecular weight is 568 g/mol. The van der Waals surface area contributed by atoms with Crippen LogP contribution < -0.4 is 21.1 Å². The molecule has 0 aliphatic carbocycles. The minimum absolute atomic E-state index is 0.0989. The van der Waals surface area contributed by atoms with E-state index in [0.717, 1.165) is 0 Å². The number of benzene rings is 2. The highest BCUT2D eigenvalue weighted by Crippen LogP contribution is 2.29. The summed E-state index contributed by atoms with van der Waals surface area (Å²) in [6, 6.07) is 7.74. The van der Waals surface area contributed by atoms with E-state index < -0.39 is 48.4 Å². The maximum atomic E-state index is 12.8. The van der Waals surface area contributed by atoms with Gasteiger partial charge in [0.25, 0.3) is 5.91 Å². The van der Waals surface area contributed by atoms with Crippen molar-refractivity contribution in [3.63, 3.8) is 0 Å². The Morgan fingerprint density at radius 1 is 1.07 bits per heavy atom. The zero-order valence-electron chi connectivity index (χ0n) is 20.4. The smallest absolute Gasteiger partial charge is 0.481 e. The van der Waals surface area contributed by atoms with E-state index in [2.05, 4.69) is 10.6 Å². The van der Waals surface area contributed by atoms with Crippen molar-refractivity contribution < 1.29 is 57.2 Å². The molecule has 2 aromatic rings. The Bertz CT molecular complexity index is 1350. The van der Waals surface area contributed by atoms with Crippen LogP contribution in [0.1, 0.15) is 44.7 Å². The Kier molecular flexibility index (Phi) is 10.2. The van der Waals surface area contributed by atoms with Crippen LogP contribution in [0.25, 0.3) is 0 Å². The number of aryl methyl sites for hydroxylation is 1. The molecule has 0 radical (unpaired) electrons. The molecule has 2 aromatic carbocycles. The van der Waals surface area contributed by atoms with E-state index in [1.165, 1.54) is 18.2 Å². The van der Waals surface area contributed by atoms with Crippen molar-refractivity contribution in [2.45, 2.75) is 37.9 Å². The number of guanidine groups is 1. The van der Waals surface area contributed by atoms with Crippen molar-refractivity contribution in [3.05, 3.63) is 58.7 Å². The lowest BCUT2D eigenvalue weighted by Crippen LogP contribution is -2.42. The van der Waals surface area contributed by atoms with Gasteiger partial charge in [0.2, 0.25) is 0 Å². The van der Waals surface area contributed by atoms with Gasteiger partial charge in [-0.1, -0.05) is 6.07 Å². The molecule has 1 amide bonds. The molecule has 40 heavy (non-hydrogen) atoms. The summed E-state index contributed by atoms with van der Waals surface area (Å²) < 4.78 is 37.3. The molecule has 0 fully saturated rings. The number of nitrogens with two attached hydrogens (primary N) is 1. The summed E-state index contributed by atoms with van der Waals surface area (Å²) in [4.78, 5) is 56.8. The maximum Gasteiger partial charge on any atom is 0.490 e. The first-order valence-electron chi connectivity index (χ1n) is 11.2. The summed E-state index contributed by atoms with van der Waals surface area (Å²) >= 11 is 0. The molecule has 13 nitrogen and oxygen atoms in total. The topological polar surface area (TPSA) is 229 Å².